The summed E-state index contributed by atoms with van der Waals surface area (Å²) >= 11 is 0. The second kappa shape index (κ2) is 10.8. The summed E-state index contributed by atoms with van der Waals surface area (Å²) in [6.45, 7) is 5.04. The molecule has 37 heavy (non-hydrogen) atoms. The van der Waals surface area contributed by atoms with E-state index in [1.807, 2.05) is 0 Å². The van der Waals surface area contributed by atoms with Crippen molar-refractivity contribution in [3.63, 3.8) is 0 Å². The minimum atomic E-state index is -0.0693. The molecule has 0 N–H and O–H groups in total. The maximum absolute atomic E-state index is 12.0. The van der Waals surface area contributed by atoms with E-state index in [1.54, 1.807) is 33.4 Å². The van der Waals surface area contributed by atoms with E-state index in [4.69, 9.17) is 18.9 Å². The topological polar surface area (TPSA) is 72.8 Å². The molecule has 3 aliphatic heterocycles. The van der Waals surface area contributed by atoms with Gasteiger partial charge in [-0.2, -0.15) is 0 Å². The zero-order valence-corrected chi connectivity index (χ0v) is 22.7. The lowest BCUT2D eigenvalue weighted by Gasteiger charge is -2.48. The summed E-state index contributed by atoms with van der Waals surface area (Å²) in [7, 11) is 6.72. The minimum absolute atomic E-state index is 0.0693. The van der Waals surface area contributed by atoms with Gasteiger partial charge in [0.25, 0.3) is 0 Å². The Balaban J connectivity index is 1.48. The number of rotatable bonds is 8. The van der Waals surface area contributed by atoms with E-state index in [2.05, 4.69) is 41.4 Å². The second-order valence-electron chi connectivity index (χ2n) is 10.5. The van der Waals surface area contributed by atoms with Crippen molar-refractivity contribution in [3.05, 3.63) is 51.4 Å². The van der Waals surface area contributed by atoms with Crippen molar-refractivity contribution in [2.45, 2.75) is 51.1 Å². The van der Waals surface area contributed by atoms with Crippen molar-refractivity contribution in [1.29, 1.82) is 0 Å². The highest BCUT2D eigenvalue weighted by atomic mass is 16.5. The molecule has 8 heteroatoms. The zero-order chi connectivity index (χ0) is 26.1. The maximum Gasteiger partial charge on any atom is 0.161 e. The van der Waals surface area contributed by atoms with Crippen LogP contribution >= 0.6 is 0 Å². The average Bonchev–Trinajstić information content (AvgIpc) is 2.95. The first-order valence-corrected chi connectivity index (χ1v) is 13.4. The Morgan fingerprint density at radius 2 is 1.38 bits per heavy atom. The number of fused-ring (bicyclic) bond motifs is 4. The Morgan fingerprint density at radius 3 is 1.97 bits per heavy atom. The van der Waals surface area contributed by atoms with Crippen LogP contribution in [-0.2, 0) is 12.8 Å². The van der Waals surface area contributed by atoms with Crippen LogP contribution in [0.25, 0.3) is 0 Å². The highest BCUT2D eigenvalue weighted by Gasteiger charge is 2.41. The van der Waals surface area contributed by atoms with Crippen LogP contribution in [0, 0.1) is 16.7 Å². The van der Waals surface area contributed by atoms with Gasteiger partial charge >= 0.3 is 0 Å². The molecule has 200 valence electrons. The molecule has 1 fully saturated rings. The fourth-order valence-electron chi connectivity index (χ4n) is 6.90. The molecule has 2 aromatic rings. The molecule has 8 nitrogen and oxygen atoms in total. The van der Waals surface area contributed by atoms with Crippen LogP contribution in [0.2, 0.25) is 0 Å². The summed E-state index contributed by atoms with van der Waals surface area (Å²) in [5.74, 6) is 4.04. The van der Waals surface area contributed by atoms with E-state index in [1.165, 1.54) is 16.7 Å². The van der Waals surface area contributed by atoms with Gasteiger partial charge in [0.2, 0.25) is 0 Å². The van der Waals surface area contributed by atoms with Crippen LogP contribution in [0.5, 0.6) is 23.0 Å². The Hall–Kier alpha value is -3.00. The van der Waals surface area contributed by atoms with E-state index < -0.39 is 0 Å². The molecule has 0 aliphatic carbocycles. The average molecular weight is 510 g/mol. The Kier molecular flexibility index (Phi) is 7.47. The molecule has 2 aromatic carbocycles. The molecule has 4 atom stereocenters. The number of ether oxygens (including phenoxy) is 4. The van der Waals surface area contributed by atoms with Gasteiger partial charge < -0.3 is 18.9 Å². The Morgan fingerprint density at radius 1 is 0.811 bits per heavy atom. The molecular formula is C29H39N3O5. The van der Waals surface area contributed by atoms with E-state index in [-0.39, 0.29) is 6.04 Å². The molecule has 0 unspecified atom stereocenters. The summed E-state index contributed by atoms with van der Waals surface area (Å²) < 4.78 is 22.4. The molecule has 3 heterocycles. The van der Waals surface area contributed by atoms with Gasteiger partial charge in [0, 0.05) is 25.7 Å². The summed E-state index contributed by atoms with van der Waals surface area (Å²) in [5, 5.41) is 5.22. The number of nitroso groups, excluding NO2 is 1. The predicted molar refractivity (Wildman–Crippen MR) is 143 cm³/mol. The third-order valence-corrected chi connectivity index (χ3v) is 8.90. The largest absolute Gasteiger partial charge is 0.493 e. The van der Waals surface area contributed by atoms with Crippen LogP contribution in [0.4, 0.5) is 0 Å². The van der Waals surface area contributed by atoms with Gasteiger partial charge in [-0.05, 0) is 84.0 Å². The quantitative estimate of drug-likeness (QED) is 0.445. The lowest BCUT2D eigenvalue weighted by molar-refractivity contribution is 0.0308. The fraction of sp³-hybridized carbons (Fsp3) is 0.586. The van der Waals surface area contributed by atoms with Gasteiger partial charge in [0.15, 0.2) is 23.0 Å². The van der Waals surface area contributed by atoms with Crippen molar-refractivity contribution >= 4 is 0 Å². The first kappa shape index (κ1) is 25.6. The Bertz CT molecular complexity index is 1140. The van der Waals surface area contributed by atoms with Crippen LogP contribution in [0.3, 0.4) is 0 Å². The number of hydrogen-bond acceptors (Lipinski definition) is 7. The Labute approximate surface area is 219 Å². The van der Waals surface area contributed by atoms with Crippen LogP contribution in [0.1, 0.15) is 60.5 Å². The molecule has 3 aliphatic rings. The predicted octanol–water partition coefficient (Wildman–Crippen LogP) is 5.34. The number of nitrogens with zero attached hydrogens (tertiary/aromatic N) is 3. The molecule has 0 saturated carbocycles. The molecule has 0 spiro atoms. The molecule has 0 amide bonds. The van der Waals surface area contributed by atoms with Gasteiger partial charge in [-0.1, -0.05) is 13.3 Å². The zero-order valence-electron chi connectivity index (χ0n) is 22.7. The molecule has 0 aromatic heterocycles. The van der Waals surface area contributed by atoms with Gasteiger partial charge in [-0.25, -0.2) is 0 Å². The van der Waals surface area contributed by atoms with Gasteiger partial charge in [-0.3, -0.25) is 9.91 Å². The normalized spacial score (nSPS) is 24.9. The number of piperidine rings is 1. The van der Waals surface area contributed by atoms with E-state index >= 15 is 0 Å². The summed E-state index contributed by atoms with van der Waals surface area (Å²) in [6, 6.07) is 8.73. The second-order valence-corrected chi connectivity index (χ2v) is 10.5. The number of benzene rings is 2. The first-order valence-electron chi connectivity index (χ1n) is 13.4. The number of hydrogen-bond donors (Lipinski definition) is 0. The maximum atomic E-state index is 12.0. The van der Waals surface area contributed by atoms with E-state index in [9.17, 15) is 4.91 Å². The standard InChI is InChI=1S/C29H39N3O5/c1-6-18-17-31-9-7-19-13-26(34-2)28(36-4)15-22(19)24(31)11-21(18)12-25-23-16-29(37-5)27(35-3)14-20(23)8-10-32(25)30-33/h13-16,18,21,24-25H,6-12,17H2,1-5H3/t18-,21-,24+,25-/m1/s1. The molecule has 0 bridgehead atoms. The van der Waals surface area contributed by atoms with Crippen molar-refractivity contribution in [2.24, 2.45) is 17.1 Å². The summed E-state index contributed by atoms with van der Waals surface area (Å²) in [4.78, 5) is 14.6. The third-order valence-electron chi connectivity index (χ3n) is 8.90. The van der Waals surface area contributed by atoms with Crippen LogP contribution < -0.4 is 18.9 Å². The lowest BCUT2D eigenvalue weighted by Crippen LogP contribution is -2.46. The number of methoxy groups -OCH3 is 4. The van der Waals surface area contributed by atoms with Crippen molar-refractivity contribution < 1.29 is 18.9 Å². The molecule has 5 rings (SSSR count). The lowest BCUT2D eigenvalue weighted by atomic mass is 9.72. The monoisotopic (exact) mass is 509 g/mol. The first-order chi connectivity index (χ1) is 18.0. The SMILES string of the molecule is CC[C@@H]1CN2CCc3cc(OC)c(OC)cc3[C@@H]2C[C@@H]1C[C@@H]1c2cc(OC)c(OC)cc2CCN1N=O. The molecule has 1 saturated heterocycles. The van der Waals surface area contributed by atoms with Crippen molar-refractivity contribution in [3.8, 4) is 23.0 Å². The highest BCUT2D eigenvalue weighted by Crippen LogP contribution is 2.49. The smallest absolute Gasteiger partial charge is 0.161 e. The minimum Gasteiger partial charge on any atom is -0.493 e. The highest BCUT2D eigenvalue weighted by molar-refractivity contribution is 5.50. The van der Waals surface area contributed by atoms with Crippen LogP contribution in [0.15, 0.2) is 29.6 Å². The van der Waals surface area contributed by atoms with Gasteiger partial charge in [0.1, 0.15) is 0 Å². The van der Waals surface area contributed by atoms with E-state index in [0.717, 1.165) is 68.0 Å². The van der Waals surface area contributed by atoms with Crippen LogP contribution in [-0.4, -0.2) is 58.0 Å². The van der Waals surface area contributed by atoms with Crippen molar-refractivity contribution in [2.75, 3.05) is 48.1 Å². The van der Waals surface area contributed by atoms with Crippen molar-refractivity contribution in [1.82, 2.24) is 9.91 Å². The fourth-order valence-corrected chi connectivity index (χ4v) is 6.90. The van der Waals surface area contributed by atoms with Gasteiger partial charge in [0.05, 0.1) is 39.8 Å². The third kappa shape index (κ3) is 4.60. The summed E-state index contributed by atoms with van der Waals surface area (Å²) in [6.07, 6.45) is 4.85. The van der Waals surface area contributed by atoms with Gasteiger partial charge in [-0.15, -0.1) is 4.91 Å². The molecule has 0 radical (unpaired) electrons. The molecular weight excluding hydrogens is 470 g/mol. The van der Waals surface area contributed by atoms with E-state index in [0.29, 0.717) is 30.2 Å². The summed E-state index contributed by atoms with van der Waals surface area (Å²) in [5.41, 5.74) is 5.05.